The van der Waals surface area contributed by atoms with Gasteiger partial charge in [0.05, 0.1) is 0 Å². The Kier molecular flexibility index (Phi) is 4.06. The highest BCUT2D eigenvalue weighted by Gasteiger charge is 2.29. The van der Waals surface area contributed by atoms with Crippen LogP contribution < -0.4 is 5.32 Å². The summed E-state index contributed by atoms with van der Waals surface area (Å²) in [6.07, 6.45) is 3.42. The minimum atomic E-state index is -0.0251. The molecule has 6 heteroatoms. The van der Waals surface area contributed by atoms with Crippen molar-refractivity contribution in [1.29, 1.82) is 0 Å². The molecule has 2 aromatic rings. The van der Waals surface area contributed by atoms with Gasteiger partial charge in [-0.3, -0.25) is 4.79 Å². The number of carbonyl (C=O) groups is 1. The van der Waals surface area contributed by atoms with Crippen LogP contribution in [0.15, 0.2) is 28.8 Å². The number of benzene rings is 1. The average Bonchev–Trinajstić information content (AvgIpc) is 3.18. The first kappa shape index (κ1) is 15.3. The predicted molar refractivity (Wildman–Crippen MR) is 89.6 cm³/mol. The zero-order valence-corrected chi connectivity index (χ0v) is 13.9. The highest BCUT2D eigenvalue weighted by atomic mass is 16.5. The summed E-state index contributed by atoms with van der Waals surface area (Å²) in [7, 11) is 2.12. The van der Waals surface area contributed by atoms with Crippen molar-refractivity contribution in [2.45, 2.75) is 25.2 Å². The molecule has 1 aliphatic heterocycles. The molecular weight excluding hydrogens is 304 g/mol. The number of likely N-dealkylation sites (tertiary alicyclic amines) is 1. The van der Waals surface area contributed by atoms with Gasteiger partial charge in [-0.1, -0.05) is 17.3 Å². The molecule has 4 rings (SSSR count). The van der Waals surface area contributed by atoms with Crippen LogP contribution in [0.2, 0.25) is 0 Å². The Morgan fingerprint density at radius 1 is 1.29 bits per heavy atom. The lowest BCUT2D eigenvalue weighted by Gasteiger charge is -2.11. The van der Waals surface area contributed by atoms with Gasteiger partial charge in [-0.25, -0.2) is 0 Å². The molecule has 2 fully saturated rings. The monoisotopic (exact) mass is 326 g/mol. The fourth-order valence-corrected chi connectivity index (χ4v) is 3.15. The summed E-state index contributed by atoms with van der Waals surface area (Å²) >= 11 is 0. The van der Waals surface area contributed by atoms with Crippen molar-refractivity contribution >= 4 is 5.91 Å². The zero-order chi connectivity index (χ0) is 16.5. The van der Waals surface area contributed by atoms with Gasteiger partial charge in [0.1, 0.15) is 0 Å². The summed E-state index contributed by atoms with van der Waals surface area (Å²) in [6, 6.07) is 7.39. The second-order valence-electron chi connectivity index (χ2n) is 6.93. The number of hydrogen-bond acceptors (Lipinski definition) is 5. The lowest BCUT2D eigenvalue weighted by Crippen LogP contribution is -2.30. The average molecular weight is 326 g/mol. The van der Waals surface area contributed by atoms with Crippen molar-refractivity contribution in [2.75, 3.05) is 26.7 Å². The van der Waals surface area contributed by atoms with Crippen LogP contribution in [0.1, 0.15) is 41.4 Å². The van der Waals surface area contributed by atoms with Crippen LogP contribution in [0.4, 0.5) is 0 Å². The van der Waals surface area contributed by atoms with Gasteiger partial charge >= 0.3 is 0 Å². The Morgan fingerprint density at radius 2 is 2.08 bits per heavy atom. The maximum Gasteiger partial charge on any atom is 0.251 e. The first-order valence-corrected chi connectivity index (χ1v) is 8.60. The maximum atomic E-state index is 12.3. The van der Waals surface area contributed by atoms with E-state index >= 15 is 0 Å². The molecule has 24 heavy (non-hydrogen) atoms. The largest absolute Gasteiger partial charge is 0.352 e. The van der Waals surface area contributed by atoms with Crippen LogP contribution in [0, 0.1) is 5.92 Å². The Bertz CT molecular complexity index is 721. The number of nitrogens with one attached hydrogen (secondary N) is 1. The van der Waals surface area contributed by atoms with Crippen LogP contribution in [0.5, 0.6) is 0 Å². The van der Waals surface area contributed by atoms with Gasteiger partial charge in [-0.15, -0.1) is 0 Å². The van der Waals surface area contributed by atoms with Crippen molar-refractivity contribution in [1.82, 2.24) is 20.4 Å². The summed E-state index contributed by atoms with van der Waals surface area (Å²) in [5.74, 6) is 2.30. The molecular formula is C18H22N4O2. The summed E-state index contributed by atoms with van der Waals surface area (Å²) < 4.78 is 5.28. The van der Waals surface area contributed by atoms with Crippen LogP contribution in [-0.2, 0) is 0 Å². The number of amides is 1. The molecule has 1 N–H and O–H groups in total. The van der Waals surface area contributed by atoms with E-state index in [0.29, 0.717) is 23.2 Å². The van der Waals surface area contributed by atoms with E-state index in [-0.39, 0.29) is 5.91 Å². The SMILES string of the molecule is CN1CC[C@@H](CNC(=O)c2ccc(-c3noc(C4CC4)n3)cc2)C1. The van der Waals surface area contributed by atoms with Gasteiger partial charge < -0.3 is 14.7 Å². The quantitative estimate of drug-likeness (QED) is 0.913. The van der Waals surface area contributed by atoms with Crippen molar-refractivity contribution in [3.8, 4) is 11.4 Å². The maximum absolute atomic E-state index is 12.3. The summed E-state index contributed by atoms with van der Waals surface area (Å²) in [4.78, 5) is 19.0. The van der Waals surface area contributed by atoms with Gasteiger partial charge in [-0.2, -0.15) is 4.98 Å². The van der Waals surface area contributed by atoms with Gasteiger partial charge in [0.15, 0.2) is 0 Å². The third-order valence-electron chi connectivity index (χ3n) is 4.81. The smallest absolute Gasteiger partial charge is 0.251 e. The van der Waals surface area contributed by atoms with E-state index in [4.69, 9.17) is 4.52 Å². The highest BCUT2D eigenvalue weighted by Crippen LogP contribution is 2.39. The number of carbonyl (C=O) groups excluding carboxylic acids is 1. The molecule has 1 amide bonds. The molecule has 1 saturated heterocycles. The first-order chi connectivity index (χ1) is 11.7. The molecule has 1 aromatic carbocycles. The minimum absolute atomic E-state index is 0.0251. The topological polar surface area (TPSA) is 71.3 Å². The molecule has 6 nitrogen and oxygen atoms in total. The lowest BCUT2D eigenvalue weighted by molar-refractivity contribution is 0.0947. The Balaban J connectivity index is 1.36. The van der Waals surface area contributed by atoms with Crippen LogP contribution in [0.25, 0.3) is 11.4 Å². The molecule has 1 aliphatic carbocycles. The molecule has 1 saturated carbocycles. The third-order valence-corrected chi connectivity index (χ3v) is 4.81. The van der Waals surface area contributed by atoms with Gasteiger partial charge in [0, 0.05) is 30.1 Å². The molecule has 2 heterocycles. The van der Waals surface area contributed by atoms with E-state index in [2.05, 4.69) is 27.4 Å². The first-order valence-electron chi connectivity index (χ1n) is 8.60. The number of aromatic nitrogens is 2. The second kappa shape index (κ2) is 6.36. The van der Waals surface area contributed by atoms with E-state index in [1.807, 2.05) is 24.3 Å². The van der Waals surface area contributed by atoms with E-state index in [9.17, 15) is 4.79 Å². The summed E-state index contributed by atoms with van der Waals surface area (Å²) in [6.45, 7) is 2.91. The van der Waals surface area contributed by atoms with Crippen LogP contribution in [-0.4, -0.2) is 47.6 Å². The van der Waals surface area contributed by atoms with Crippen molar-refractivity contribution < 1.29 is 9.32 Å². The van der Waals surface area contributed by atoms with E-state index in [1.54, 1.807) is 0 Å². The fraction of sp³-hybridized carbons (Fsp3) is 0.500. The molecule has 126 valence electrons. The molecule has 0 spiro atoms. The molecule has 1 atom stereocenters. The minimum Gasteiger partial charge on any atom is -0.352 e. The van der Waals surface area contributed by atoms with Crippen molar-refractivity contribution in [3.63, 3.8) is 0 Å². The Labute approximate surface area is 141 Å². The van der Waals surface area contributed by atoms with Crippen molar-refractivity contribution in [3.05, 3.63) is 35.7 Å². The Hall–Kier alpha value is -2.21. The molecule has 2 aliphatic rings. The van der Waals surface area contributed by atoms with E-state index in [1.165, 1.54) is 0 Å². The normalized spacial score (nSPS) is 21.1. The summed E-state index contributed by atoms with van der Waals surface area (Å²) in [5.41, 5.74) is 1.54. The van der Waals surface area contributed by atoms with Gasteiger partial charge in [-0.05, 0) is 50.9 Å². The standard InChI is InChI=1S/C18H22N4O2/c1-22-9-8-12(11-22)10-19-17(23)14-4-2-13(3-5-14)16-20-18(24-21-16)15-6-7-15/h2-5,12,15H,6-11H2,1H3,(H,19,23)/t12-/m0/s1. The number of nitrogens with zero attached hydrogens (tertiary/aromatic N) is 3. The van der Waals surface area contributed by atoms with Crippen molar-refractivity contribution in [2.24, 2.45) is 5.92 Å². The zero-order valence-electron chi connectivity index (χ0n) is 13.9. The fourth-order valence-electron chi connectivity index (χ4n) is 3.15. The number of rotatable bonds is 5. The summed E-state index contributed by atoms with van der Waals surface area (Å²) in [5, 5.41) is 7.06. The second-order valence-corrected chi connectivity index (χ2v) is 6.93. The molecule has 0 bridgehead atoms. The molecule has 0 unspecified atom stereocenters. The highest BCUT2D eigenvalue weighted by molar-refractivity contribution is 5.94. The number of hydrogen-bond donors (Lipinski definition) is 1. The van der Waals surface area contributed by atoms with E-state index < -0.39 is 0 Å². The lowest BCUT2D eigenvalue weighted by atomic mass is 10.1. The Morgan fingerprint density at radius 3 is 2.75 bits per heavy atom. The van der Waals surface area contributed by atoms with Crippen LogP contribution in [0.3, 0.4) is 0 Å². The van der Waals surface area contributed by atoms with Gasteiger partial charge in [0.2, 0.25) is 11.7 Å². The van der Waals surface area contributed by atoms with Crippen LogP contribution >= 0.6 is 0 Å². The van der Waals surface area contributed by atoms with E-state index in [0.717, 1.165) is 50.4 Å². The molecule has 1 aromatic heterocycles. The predicted octanol–water partition coefficient (Wildman–Crippen LogP) is 2.30. The molecule has 0 radical (unpaired) electrons. The third kappa shape index (κ3) is 3.33. The van der Waals surface area contributed by atoms with Gasteiger partial charge in [0.25, 0.3) is 5.91 Å².